The number of anilines is 2. The zero-order chi connectivity index (χ0) is 20.5. The SMILES string of the molecule is Cc1ccccc1[C@@H]1SC(N)=C(C(N)=O)N1c1cnccc1N1CCCC(N)C1. The molecule has 1 aromatic carbocycles. The van der Waals surface area contributed by atoms with Crippen LogP contribution in [0.4, 0.5) is 11.4 Å². The average molecular weight is 411 g/mol. The van der Waals surface area contributed by atoms with Crippen LogP contribution >= 0.6 is 11.8 Å². The highest BCUT2D eigenvalue weighted by molar-refractivity contribution is 8.03. The van der Waals surface area contributed by atoms with Gasteiger partial charge in [-0.2, -0.15) is 0 Å². The molecule has 0 aliphatic carbocycles. The van der Waals surface area contributed by atoms with Crippen molar-refractivity contribution in [3.8, 4) is 0 Å². The quantitative estimate of drug-likeness (QED) is 0.708. The number of rotatable bonds is 4. The van der Waals surface area contributed by atoms with E-state index in [0.29, 0.717) is 10.7 Å². The number of carbonyl (C=O) groups excluding carboxylic acids is 1. The van der Waals surface area contributed by atoms with Crippen LogP contribution in [0.3, 0.4) is 0 Å². The van der Waals surface area contributed by atoms with Gasteiger partial charge in [-0.1, -0.05) is 36.0 Å². The van der Waals surface area contributed by atoms with Crippen LogP contribution in [-0.4, -0.2) is 30.0 Å². The van der Waals surface area contributed by atoms with E-state index in [1.165, 1.54) is 11.8 Å². The van der Waals surface area contributed by atoms with E-state index in [1.807, 2.05) is 23.1 Å². The minimum atomic E-state index is -0.545. The summed E-state index contributed by atoms with van der Waals surface area (Å²) in [6.45, 7) is 3.73. The van der Waals surface area contributed by atoms with Crippen molar-refractivity contribution < 1.29 is 4.79 Å². The summed E-state index contributed by atoms with van der Waals surface area (Å²) in [6.07, 6.45) is 5.59. The predicted octanol–water partition coefficient (Wildman–Crippen LogP) is 2.18. The summed E-state index contributed by atoms with van der Waals surface area (Å²) in [6, 6.07) is 10.2. The number of aromatic nitrogens is 1. The minimum Gasteiger partial charge on any atom is -0.392 e. The second-order valence-corrected chi connectivity index (χ2v) is 8.61. The van der Waals surface area contributed by atoms with Crippen LogP contribution in [0.1, 0.15) is 29.3 Å². The molecular formula is C21H26N6OS. The molecule has 3 heterocycles. The third kappa shape index (κ3) is 3.65. The molecule has 1 aromatic heterocycles. The Morgan fingerprint density at radius 2 is 2.03 bits per heavy atom. The fraction of sp³-hybridized carbons (Fsp3) is 0.333. The number of primary amides is 1. The molecule has 0 radical (unpaired) electrons. The van der Waals surface area contributed by atoms with Crippen LogP contribution in [0, 0.1) is 6.92 Å². The molecule has 0 saturated carbocycles. The van der Waals surface area contributed by atoms with E-state index >= 15 is 0 Å². The molecule has 1 saturated heterocycles. The molecule has 2 atom stereocenters. The molecule has 2 aromatic rings. The lowest BCUT2D eigenvalue weighted by molar-refractivity contribution is -0.114. The predicted molar refractivity (Wildman–Crippen MR) is 118 cm³/mol. The van der Waals surface area contributed by atoms with E-state index in [2.05, 4.69) is 28.9 Å². The van der Waals surface area contributed by atoms with E-state index in [-0.39, 0.29) is 11.4 Å². The van der Waals surface area contributed by atoms with E-state index in [9.17, 15) is 4.79 Å². The van der Waals surface area contributed by atoms with Gasteiger partial charge in [-0.3, -0.25) is 9.78 Å². The van der Waals surface area contributed by atoms with Crippen molar-refractivity contribution in [1.82, 2.24) is 4.98 Å². The van der Waals surface area contributed by atoms with Gasteiger partial charge in [0.2, 0.25) is 0 Å². The summed E-state index contributed by atoms with van der Waals surface area (Å²) in [4.78, 5) is 20.9. The summed E-state index contributed by atoms with van der Waals surface area (Å²) in [7, 11) is 0. The molecule has 4 rings (SSSR count). The van der Waals surface area contributed by atoms with Crippen LogP contribution in [0.2, 0.25) is 0 Å². The maximum Gasteiger partial charge on any atom is 0.268 e. The van der Waals surface area contributed by atoms with Gasteiger partial charge in [0, 0.05) is 25.3 Å². The first-order valence-electron chi connectivity index (χ1n) is 9.73. The number of hydrogen-bond donors (Lipinski definition) is 3. The number of pyridine rings is 1. The molecular weight excluding hydrogens is 384 g/mol. The Kier molecular flexibility index (Phi) is 5.38. The zero-order valence-electron chi connectivity index (χ0n) is 16.4. The number of piperidine rings is 1. The van der Waals surface area contributed by atoms with Gasteiger partial charge in [-0.25, -0.2) is 0 Å². The van der Waals surface area contributed by atoms with Crippen LogP contribution in [0.15, 0.2) is 53.5 Å². The van der Waals surface area contributed by atoms with Gasteiger partial charge in [0.1, 0.15) is 11.1 Å². The summed E-state index contributed by atoms with van der Waals surface area (Å²) >= 11 is 1.44. The third-order valence-electron chi connectivity index (χ3n) is 5.47. The molecule has 7 nitrogen and oxygen atoms in total. The Balaban J connectivity index is 1.83. The molecule has 1 amide bonds. The number of benzene rings is 1. The fourth-order valence-electron chi connectivity index (χ4n) is 4.08. The second kappa shape index (κ2) is 7.96. The number of carbonyl (C=O) groups is 1. The summed E-state index contributed by atoms with van der Waals surface area (Å²) < 4.78 is 0. The zero-order valence-corrected chi connectivity index (χ0v) is 17.2. The first kappa shape index (κ1) is 19.6. The highest BCUT2D eigenvalue weighted by Gasteiger charge is 2.39. The first-order valence-corrected chi connectivity index (χ1v) is 10.6. The number of nitrogens with two attached hydrogens (primary N) is 3. The Morgan fingerprint density at radius 1 is 1.24 bits per heavy atom. The standard InChI is InChI=1S/C21H26N6OS/c1-13-5-2-3-7-15(13)21-27(18(19(23)28)20(24)29-21)17-11-25-9-8-16(17)26-10-4-6-14(22)12-26/h2-3,5,7-9,11,14,21H,4,6,10,12,22,24H2,1H3,(H2,23,28)/t14?,21-/m0/s1. The highest BCUT2D eigenvalue weighted by Crippen LogP contribution is 2.50. The first-order chi connectivity index (χ1) is 14.0. The summed E-state index contributed by atoms with van der Waals surface area (Å²) in [5, 5.41) is 0.232. The lowest BCUT2D eigenvalue weighted by Crippen LogP contribution is -2.43. The van der Waals surface area contributed by atoms with Gasteiger partial charge in [0.15, 0.2) is 0 Å². The maximum atomic E-state index is 12.4. The van der Waals surface area contributed by atoms with Gasteiger partial charge in [-0.05, 0) is 37.0 Å². The molecule has 29 heavy (non-hydrogen) atoms. The van der Waals surface area contributed by atoms with Crippen molar-refractivity contribution in [2.24, 2.45) is 17.2 Å². The number of hydrogen-bond acceptors (Lipinski definition) is 7. The normalized spacial score (nSPS) is 22.3. The Bertz CT molecular complexity index is 962. The molecule has 0 spiro atoms. The monoisotopic (exact) mass is 410 g/mol. The molecule has 6 N–H and O–H groups in total. The smallest absolute Gasteiger partial charge is 0.268 e. The highest BCUT2D eigenvalue weighted by atomic mass is 32.2. The van der Waals surface area contributed by atoms with Crippen molar-refractivity contribution >= 4 is 29.0 Å². The van der Waals surface area contributed by atoms with Crippen molar-refractivity contribution in [1.29, 1.82) is 0 Å². The van der Waals surface area contributed by atoms with Crippen LogP contribution in [0.5, 0.6) is 0 Å². The number of nitrogens with zero attached hydrogens (tertiary/aromatic N) is 3. The van der Waals surface area contributed by atoms with Crippen LogP contribution in [-0.2, 0) is 4.79 Å². The number of amides is 1. The van der Waals surface area contributed by atoms with E-state index < -0.39 is 5.91 Å². The Morgan fingerprint density at radius 3 is 2.76 bits per heavy atom. The molecule has 1 unspecified atom stereocenters. The molecule has 152 valence electrons. The molecule has 2 aliphatic heterocycles. The minimum absolute atomic E-state index is 0.126. The third-order valence-corrected chi connectivity index (χ3v) is 6.61. The lowest BCUT2D eigenvalue weighted by Gasteiger charge is -2.37. The van der Waals surface area contributed by atoms with E-state index in [4.69, 9.17) is 17.2 Å². The topological polar surface area (TPSA) is 114 Å². The van der Waals surface area contributed by atoms with Crippen LogP contribution < -0.4 is 27.0 Å². The van der Waals surface area contributed by atoms with Gasteiger partial charge in [0.25, 0.3) is 5.91 Å². The molecule has 8 heteroatoms. The van der Waals surface area contributed by atoms with Crippen molar-refractivity contribution in [2.45, 2.75) is 31.2 Å². The van der Waals surface area contributed by atoms with Crippen molar-refractivity contribution in [3.05, 3.63) is 64.6 Å². The summed E-state index contributed by atoms with van der Waals surface area (Å²) in [5.74, 6) is -0.545. The van der Waals surface area contributed by atoms with Gasteiger partial charge in [-0.15, -0.1) is 0 Å². The van der Waals surface area contributed by atoms with Crippen molar-refractivity contribution in [2.75, 3.05) is 22.9 Å². The number of thioether (sulfide) groups is 1. The van der Waals surface area contributed by atoms with Gasteiger partial charge >= 0.3 is 0 Å². The largest absolute Gasteiger partial charge is 0.392 e. The molecule has 0 bridgehead atoms. The number of aryl methyl sites for hydroxylation is 1. The van der Waals surface area contributed by atoms with E-state index in [0.717, 1.165) is 48.4 Å². The van der Waals surface area contributed by atoms with Crippen molar-refractivity contribution in [3.63, 3.8) is 0 Å². The van der Waals surface area contributed by atoms with E-state index in [1.54, 1.807) is 12.4 Å². The summed E-state index contributed by atoms with van der Waals surface area (Å²) in [5.41, 5.74) is 22.6. The Hall–Kier alpha value is -2.71. The van der Waals surface area contributed by atoms with Crippen LogP contribution in [0.25, 0.3) is 0 Å². The lowest BCUT2D eigenvalue weighted by atomic mass is 10.0. The molecule has 1 fully saturated rings. The molecule has 2 aliphatic rings. The second-order valence-electron chi connectivity index (χ2n) is 7.49. The fourth-order valence-corrected chi connectivity index (χ4v) is 5.35. The average Bonchev–Trinajstić information content (AvgIpc) is 3.05. The maximum absolute atomic E-state index is 12.4. The van der Waals surface area contributed by atoms with Gasteiger partial charge in [0.05, 0.1) is 22.6 Å². The van der Waals surface area contributed by atoms with Gasteiger partial charge < -0.3 is 27.0 Å². The Labute approximate surface area is 174 Å².